The van der Waals surface area contributed by atoms with Crippen molar-refractivity contribution in [2.24, 2.45) is 0 Å². The molecule has 0 saturated carbocycles. The fourth-order valence-corrected chi connectivity index (χ4v) is 3.41. The summed E-state index contributed by atoms with van der Waals surface area (Å²) in [6, 6.07) is 6.63. The summed E-state index contributed by atoms with van der Waals surface area (Å²) < 4.78 is 24.8. The van der Waals surface area contributed by atoms with E-state index < -0.39 is 21.5 Å². The van der Waals surface area contributed by atoms with Gasteiger partial charge in [0.2, 0.25) is 21.8 Å². The number of rotatable bonds is 5. The van der Waals surface area contributed by atoms with Crippen LogP contribution in [0.4, 0.5) is 11.4 Å². The van der Waals surface area contributed by atoms with Gasteiger partial charge in [0.05, 0.1) is 12.8 Å². The van der Waals surface area contributed by atoms with Crippen LogP contribution in [0.5, 0.6) is 0 Å². The number of nitrogens with one attached hydrogen (secondary N) is 2. The normalized spacial score (nSPS) is 12.1. The molecule has 7 nitrogen and oxygen atoms in total. The summed E-state index contributed by atoms with van der Waals surface area (Å²) in [5.74, 6) is -0.671. The third-order valence-corrected chi connectivity index (χ3v) is 4.38. The van der Waals surface area contributed by atoms with Gasteiger partial charge in [0.15, 0.2) is 0 Å². The highest BCUT2D eigenvalue weighted by Gasteiger charge is 2.31. The van der Waals surface area contributed by atoms with Gasteiger partial charge in [-0.15, -0.1) is 0 Å². The quantitative estimate of drug-likeness (QED) is 0.851. The summed E-state index contributed by atoms with van der Waals surface area (Å²) in [6.45, 7) is 6.27. The van der Waals surface area contributed by atoms with Gasteiger partial charge in [0.25, 0.3) is 0 Å². The van der Waals surface area contributed by atoms with Gasteiger partial charge in [-0.05, 0) is 39.0 Å². The van der Waals surface area contributed by atoms with Gasteiger partial charge in [0.1, 0.15) is 0 Å². The van der Waals surface area contributed by atoms with Gasteiger partial charge >= 0.3 is 0 Å². The van der Waals surface area contributed by atoms with Crippen LogP contribution in [0.25, 0.3) is 0 Å². The zero-order valence-corrected chi connectivity index (χ0v) is 14.8. The molecule has 0 saturated heterocycles. The van der Waals surface area contributed by atoms with Crippen molar-refractivity contribution < 1.29 is 18.0 Å². The van der Waals surface area contributed by atoms with Crippen LogP contribution in [0.15, 0.2) is 24.3 Å². The van der Waals surface area contributed by atoms with E-state index in [2.05, 4.69) is 10.6 Å². The summed E-state index contributed by atoms with van der Waals surface area (Å²) in [6.07, 6.45) is 1.07. The van der Waals surface area contributed by atoms with Crippen molar-refractivity contribution in [3.63, 3.8) is 0 Å². The van der Waals surface area contributed by atoms with Crippen LogP contribution >= 0.6 is 0 Å². The van der Waals surface area contributed by atoms with Crippen molar-refractivity contribution in [3.8, 4) is 0 Å². The number of carbonyl (C=O) groups excluding carboxylic acids is 2. The van der Waals surface area contributed by atoms with E-state index in [-0.39, 0.29) is 12.5 Å². The maximum atomic E-state index is 12.1. The topological polar surface area (TPSA) is 95.6 Å². The summed E-state index contributed by atoms with van der Waals surface area (Å²) in [4.78, 5) is 23.2. The van der Waals surface area contributed by atoms with Crippen LogP contribution in [-0.4, -0.2) is 42.9 Å². The number of amides is 2. The van der Waals surface area contributed by atoms with E-state index >= 15 is 0 Å². The average Bonchev–Trinajstić information content (AvgIpc) is 2.32. The van der Waals surface area contributed by atoms with Gasteiger partial charge in [-0.25, -0.2) is 8.42 Å². The molecule has 0 bridgehead atoms. The molecule has 0 atom stereocenters. The Labute approximate surface area is 137 Å². The maximum absolute atomic E-state index is 12.1. The van der Waals surface area contributed by atoms with Crippen molar-refractivity contribution in [3.05, 3.63) is 24.3 Å². The lowest BCUT2D eigenvalue weighted by Gasteiger charge is -2.32. The van der Waals surface area contributed by atoms with Crippen LogP contribution in [0.1, 0.15) is 27.7 Å². The number of hydrogen-bond acceptors (Lipinski definition) is 4. The first-order chi connectivity index (χ1) is 10.4. The van der Waals surface area contributed by atoms with E-state index in [9.17, 15) is 18.0 Å². The molecule has 0 aliphatic heterocycles. The molecule has 1 aromatic rings. The molecular formula is C15H23N3O4S. The third kappa shape index (κ3) is 6.37. The number of benzene rings is 1. The summed E-state index contributed by atoms with van der Waals surface area (Å²) >= 11 is 0. The van der Waals surface area contributed by atoms with Gasteiger partial charge in [-0.1, -0.05) is 6.07 Å². The average molecular weight is 341 g/mol. The van der Waals surface area contributed by atoms with Crippen LogP contribution in [0.2, 0.25) is 0 Å². The molecule has 1 aromatic carbocycles. The second-order valence-electron chi connectivity index (χ2n) is 6.25. The van der Waals surface area contributed by atoms with E-state index in [0.29, 0.717) is 11.4 Å². The fraction of sp³-hybridized carbons (Fsp3) is 0.467. The van der Waals surface area contributed by atoms with Crippen LogP contribution in [0.3, 0.4) is 0 Å². The minimum absolute atomic E-state index is 0.218. The van der Waals surface area contributed by atoms with E-state index in [1.54, 1.807) is 45.0 Å². The number of anilines is 2. The minimum Gasteiger partial charge on any atom is -0.326 e. The Kier molecular flexibility index (Phi) is 5.90. The molecular weight excluding hydrogens is 318 g/mol. The fourth-order valence-electron chi connectivity index (χ4n) is 2.06. The van der Waals surface area contributed by atoms with Gasteiger partial charge in [-0.3, -0.25) is 9.59 Å². The second kappa shape index (κ2) is 7.10. The lowest BCUT2D eigenvalue weighted by molar-refractivity contribution is -0.117. The Bertz CT molecular complexity index is 693. The first-order valence-electron chi connectivity index (χ1n) is 7.05. The van der Waals surface area contributed by atoms with Crippen LogP contribution in [-0.2, 0) is 19.6 Å². The molecule has 0 aromatic heterocycles. The van der Waals surface area contributed by atoms with Crippen molar-refractivity contribution in [2.45, 2.75) is 33.2 Å². The smallest absolute Gasteiger partial charge is 0.239 e. The van der Waals surface area contributed by atoms with Crippen molar-refractivity contribution >= 4 is 33.2 Å². The Morgan fingerprint density at radius 3 is 2.09 bits per heavy atom. The van der Waals surface area contributed by atoms with E-state index in [1.807, 2.05) is 0 Å². The molecule has 1 rings (SSSR count). The number of hydrogen-bond donors (Lipinski definition) is 2. The Morgan fingerprint density at radius 2 is 1.65 bits per heavy atom. The third-order valence-electron chi connectivity index (χ3n) is 2.90. The van der Waals surface area contributed by atoms with Crippen molar-refractivity contribution in [1.29, 1.82) is 0 Å². The van der Waals surface area contributed by atoms with Crippen LogP contribution < -0.4 is 10.6 Å². The van der Waals surface area contributed by atoms with E-state index in [0.717, 1.165) is 10.6 Å². The highest BCUT2D eigenvalue weighted by Crippen LogP contribution is 2.18. The standard InChI is InChI=1S/C15H23N3O4S/c1-11(19)16-12-7-6-8-13(9-12)17-14(20)10-18(15(2,3)4)23(5,21)22/h6-9H,10H2,1-5H3,(H,16,19)(H,17,20). The molecule has 2 N–H and O–H groups in total. The zero-order chi connectivity index (χ0) is 17.8. The van der Waals surface area contributed by atoms with Gasteiger partial charge < -0.3 is 10.6 Å². The maximum Gasteiger partial charge on any atom is 0.239 e. The predicted molar refractivity (Wildman–Crippen MR) is 90.7 cm³/mol. The molecule has 0 heterocycles. The molecule has 0 unspecified atom stereocenters. The lowest BCUT2D eigenvalue weighted by atomic mass is 10.1. The lowest BCUT2D eigenvalue weighted by Crippen LogP contribution is -2.48. The first-order valence-corrected chi connectivity index (χ1v) is 8.90. The van der Waals surface area contributed by atoms with Crippen molar-refractivity contribution in [1.82, 2.24) is 4.31 Å². The Morgan fingerprint density at radius 1 is 1.13 bits per heavy atom. The summed E-state index contributed by atoms with van der Waals surface area (Å²) in [5, 5.41) is 5.25. The monoisotopic (exact) mass is 341 g/mol. The number of carbonyl (C=O) groups is 2. The van der Waals surface area contributed by atoms with Gasteiger partial charge in [-0.2, -0.15) is 4.31 Å². The number of nitrogens with zero attached hydrogens (tertiary/aromatic N) is 1. The van der Waals surface area contributed by atoms with E-state index in [4.69, 9.17) is 0 Å². The predicted octanol–water partition coefficient (Wildman–Crippen LogP) is 1.64. The van der Waals surface area contributed by atoms with Crippen LogP contribution in [0, 0.1) is 0 Å². The molecule has 8 heteroatoms. The number of sulfonamides is 1. The largest absolute Gasteiger partial charge is 0.326 e. The molecule has 0 radical (unpaired) electrons. The molecule has 128 valence electrons. The Hall–Kier alpha value is -1.93. The summed E-state index contributed by atoms with van der Waals surface area (Å²) in [7, 11) is -3.52. The molecule has 0 fully saturated rings. The highest BCUT2D eigenvalue weighted by molar-refractivity contribution is 7.88. The molecule has 0 spiro atoms. The zero-order valence-electron chi connectivity index (χ0n) is 14.0. The molecule has 2 amide bonds. The minimum atomic E-state index is -3.52. The molecule has 0 aliphatic rings. The second-order valence-corrected chi connectivity index (χ2v) is 8.16. The Balaban J connectivity index is 2.85. The molecule has 23 heavy (non-hydrogen) atoms. The SMILES string of the molecule is CC(=O)Nc1cccc(NC(=O)CN(C(C)(C)C)S(C)(=O)=O)c1. The molecule has 0 aliphatic carbocycles. The van der Waals surface area contributed by atoms with Gasteiger partial charge in [0, 0.05) is 23.8 Å². The summed E-state index contributed by atoms with van der Waals surface area (Å²) in [5.41, 5.74) is 0.317. The van der Waals surface area contributed by atoms with E-state index in [1.165, 1.54) is 6.92 Å². The van der Waals surface area contributed by atoms with Crippen molar-refractivity contribution in [2.75, 3.05) is 23.4 Å². The highest BCUT2D eigenvalue weighted by atomic mass is 32.2. The first kappa shape index (κ1) is 19.1.